The van der Waals surface area contributed by atoms with Gasteiger partial charge in [0, 0.05) is 32.6 Å². The molecule has 0 heterocycles. The Morgan fingerprint density at radius 2 is 2.00 bits per heavy atom. The Labute approximate surface area is 151 Å². The van der Waals surface area contributed by atoms with E-state index in [1.165, 1.54) is 17.5 Å². The fraction of sp³-hybridized carbons (Fsp3) is 0.600. The van der Waals surface area contributed by atoms with Gasteiger partial charge in [-0.05, 0) is 37.7 Å². The van der Waals surface area contributed by atoms with Crippen molar-refractivity contribution in [1.29, 1.82) is 0 Å². The summed E-state index contributed by atoms with van der Waals surface area (Å²) >= 11 is 0. The van der Waals surface area contributed by atoms with Crippen LogP contribution in [-0.4, -0.2) is 38.5 Å². The third-order valence-electron chi connectivity index (χ3n) is 4.83. The highest BCUT2D eigenvalue weighted by molar-refractivity contribution is 5.80. The Hall–Kier alpha value is -2.04. The van der Waals surface area contributed by atoms with Crippen LogP contribution in [0.2, 0.25) is 0 Å². The molecule has 0 bridgehead atoms. The molecule has 0 aliphatic heterocycles. The first-order valence-corrected chi connectivity index (χ1v) is 9.39. The molecule has 0 aromatic heterocycles. The zero-order chi connectivity index (χ0) is 18.1. The lowest BCUT2D eigenvalue weighted by molar-refractivity contribution is -0.127. The first-order chi connectivity index (χ1) is 12.1. The highest BCUT2D eigenvalue weighted by atomic mass is 16.1. The van der Waals surface area contributed by atoms with Gasteiger partial charge in [-0.25, -0.2) is 0 Å². The molecule has 1 unspecified atom stereocenters. The Morgan fingerprint density at radius 1 is 1.24 bits per heavy atom. The molecule has 1 amide bonds. The van der Waals surface area contributed by atoms with Crippen molar-refractivity contribution in [3.05, 3.63) is 35.4 Å². The zero-order valence-electron chi connectivity index (χ0n) is 15.8. The smallest absolute Gasteiger partial charge is 0.223 e. The van der Waals surface area contributed by atoms with Gasteiger partial charge in [0.2, 0.25) is 5.91 Å². The van der Waals surface area contributed by atoms with Crippen LogP contribution in [0.3, 0.4) is 0 Å². The van der Waals surface area contributed by atoms with Crippen LogP contribution < -0.4 is 16.0 Å². The van der Waals surface area contributed by atoms with E-state index in [4.69, 9.17) is 0 Å². The highest BCUT2D eigenvalue weighted by Crippen LogP contribution is 2.26. The summed E-state index contributed by atoms with van der Waals surface area (Å²) in [4.78, 5) is 16.0. The molecule has 0 saturated heterocycles. The summed E-state index contributed by atoms with van der Waals surface area (Å²) < 4.78 is 0. The molecule has 1 fully saturated rings. The van der Waals surface area contributed by atoms with Gasteiger partial charge in [-0.1, -0.05) is 43.2 Å². The minimum atomic E-state index is 0.223. The number of nitrogens with zero attached hydrogens (tertiary/aromatic N) is 1. The predicted octanol–water partition coefficient (Wildman–Crippen LogP) is 2.57. The van der Waals surface area contributed by atoms with Crippen LogP contribution in [0.15, 0.2) is 29.3 Å². The molecule has 5 heteroatoms. The molecular weight excluding hydrogens is 312 g/mol. The molecular formula is C20H32N4O. The maximum Gasteiger partial charge on any atom is 0.223 e. The molecule has 0 radical (unpaired) electrons. The number of benzene rings is 1. The van der Waals surface area contributed by atoms with Crippen molar-refractivity contribution < 1.29 is 4.79 Å². The monoisotopic (exact) mass is 344 g/mol. The number of guanidine groups is 1. The van der Waals surface area contributed by atoms with Gasteiger partial charge in [0.05, 0.1) is 0 Å². The summed E-state index contributed by atoms with van der Waals surface area (Å²) in [6, 6.07) is 8.62. The fourth-order valence-electron chi connectivity index (χ4n) is 2.89. The minimum absolute atomic E-state index is 0.223. The lowest BCUT2D eigenvalue weighted by atomic mass is 9.85. The maximum absolute atomic E-state index is 11.7. The summed E-state index contributed by atoms with van der Waals surface area (Å²) in [5, 5.41) is 9.70. The summed E-state index contributed by atoms with van der Waals surface area (Å²) in [7, 11) is 1.78. The van der Waals surface area contributed by atoms with Gasteiger partial charge in [0.1, 0.15) is 0 Å². The fourth-order valence-corrected chi connectivity index (χ4v) is 2.89. The maximum atomic E-state index is 11.7. The van der Waals surface area contributed by atoms with E-state index >= 15 is 0 Å². The average Bonchev–Trinajstić information content (AvgIpc) is 2.55. The number of carbonyl (C=O) groups is 1. The van der Waals surface area contributed by atoms with Crippen LogP contribution in [0, 0.1) is 12.8 Å². The van der Waals surface area contributed by atoms with Gasteiger partial charge in [-0.3, -0.25) is 9.79 Å². The number of aliphatic imine (C=N–C) groups is 1. The van der Waals surface area contributed by atoms with E-state index in [1.54, 1.807) is 7.05 Å². The topological polar surface area (TPSA) is 65.5 Å². The number of hydrogen-bond acceptors (Lipinski definition) is 2. The van der Waals surface area contributed by atoms with Crippen molar-refractivity contribution in [3.63, 3.8) is 0 Å². The Bertz CT molecular complexity index is 581. The molecule has 2 rings (SSSR count). The van der Waals surface area contributed by atoms with Gasteiger partial charge in [-0.15, -0.1) is 0 Å². The molecule has 1 aliphatic carbocycles. The standard InChI is InChI=1S/C20H32N4O/c1-15-7-4-10-18(13-15)16(2)14-24-20(21-3)23-12-6-11-22-19(25)17-8-5-9-17/h4,7,10,13,16-17H,5-6,8-9,11-12,14H2,1-3H3,(H,22,25)(H2,21,23,24). The SMILES string of the molecule is CN=C(NCCCNC(=O)C1CCC1)NCC(C)c1cccc(C)c1. The van der Waals surface area contributed by atoms with Gasteiger partial charge < -0.3 is 16.0 Å². The molecule has 1 atom stereocenters. The van der Waals surface area contributed by atoms with E-state index in [9.17, 15) is 4.79 Å². The molecule has 3 N–H and O–H groups in total. The molecule has 1 aromatic carbocycles. The van der Waals surface area contributed by atoms with Gasteiger partial charge in [0.15, 0.2) is 5.96 Å². The summed E-state index contributed by atoms with van der Waals surface area (Å²) in [5.74, 6) is 1.72. The van der Waals surface area contributed by atoms with E-state index in [0.717, 1.165) is 44.9 Å². The molecule has 1 saturated carbocycles. The number of amides is 1. The molecule has 1 aromatic rings. The van der Waals surface area contributed by atoms with Crippen molar-refractivity contribution in [1.82, 2.24) is 16.0 Å². The predicted molar refractivity (Wildman–Crippen MR) is 104 cm³/mol. The third kappa shape index (κ3) is 6.40. The van der Waals surface area contributed by atoms with E-state index in [1.807, 2.05) is 0 Å². The Kier molecular flexibility index (Phi) is 7.76. The second-order valence-corrected chi connectivity index (χ2v) is 6.97. The van der Waals surface area contributed by atoms with Crippen LogP contribution in [0.5, 0.6) is 0 Å². The summed E-state index contributed by atoms with van der Waals surface area (Å²) in [6.07, 6.45) is 4.20. The average molecular weight is 345 g/mol. The van der Waals surface area contributed by atoms with Crippen molar-refractivity contribution in [2.45, 2.75) is 45.4 Å². The number of rotatable bonds is 8. The number of nitrogens with one attached hydrogen (secondary N) is 3. The minimum Gasteiger partial charge on any atom is -0.356 e. The summed E-state index contributed by atoms with van der Waals surface area (Å²) in [6.45, 7) is 6.68. The largest absolute Gasteiger partial charge is 0.356 e. The van der Waals surface area contributed by atoms with Crippen LogP contribution in [0.4, 0.5) is 0 Å². The molecule has 5 nitrogen and oxygen atoms in total. The first-order valence-electron chi connectivity index (χ1n) is 9.39. The van der Waals surface area contributed by atoms with E-state index in [0.29, 0.717) is 5.92 Å². The second kappa shape index (κ2) is 10.1. The molecule has 138 valence electrons. The Balaban J connectivity index is 1.60. The normalized spacial score (nSPS) is 16.0. The second-order valence-electron chi connectivity index (χ2n) is 6.97. The number of hydrogen-bond donors (Lipinski definition) is 3. The van der Waals surface area contributed by atoms with Crippen molar-refractivity contribution >= 4 is 11.9 Å². The van der Waals surface area contributed by atoms with Crippen molar-refractivity contribution in [2.24, 2.45) is 10.9 Å². The summed E-state index contributed by atoms with van der Waals surface area (Å²) in [5.41, 5.74) is 2.62. The molecule has 0 spiro atoms. The lowest BCUT2D eigenvalue weighted by Gasteiger charge is -2.24. The van der Waals surface area contributed by atoms with Gasteiger partial charge in [0.25, 0.3) is 0 Å². The van der Waals surface area contributed by atoms with E-state index < -0.39 is 0 Å². The van der Waals surface area contributed by atoms with E-state index in [2.05, 4.69) is 59.1 Å². The third-order valence-corrected chi connectivity index (χ3v) is 4.83. The van der Waals surface area contributed by atoms with Crippen LogP contribution in [0.25, 0.3) is 0 Å². The quantitative estimate of drug-likeness (QED) is 0.386. The molecule has 1 aliphatic rings. The van der Waals surface area contributed by atoms with E-state index in [-0.39, 0.29) is 11.8 Å². The first kappa shape index (κ1) is 19.3. The number of carbonyl (C=O) groups excluding carboxylic acids is 1. The van der Waals surface area contributed by atoms with Crippen molar-refractivity contribution in [2.75, 3.05) is 26.7 Å². The van der Waals surface area contributed by atoms with Crippen LogP contribution in [-0.2, 0) is 4.79 Å². The highest BCUT2D eigenvalue weighted by Gasteiger charge is 2.24. The van der Waals surface area contributed by atoms with Crippen LogP contribution in [0.1, 0.15) is 49.7 Å². The van der Waals surface area contributed by atoms with Crippen molar-refractivity contribution in [3.8, 4) is 0 Å². The number of aryl methyl sites for hydroxylation is 1. The molecule has 25 heavy (non-hydrogen) atoms. The van der Waals surface area contributed by atoms with Gasteiger partial charge >= 0.3 is 0 Å². The van der Waals surface area contributed by atoms with Gasteiger partial charge in [-0.2, -0.15) is 0 Å². The lowest BCUT2D eigenvalue weighted by Crippen LogP contribution is -2.41. The van der Waals surface area contributed by atoms with Crippen LogP contribution >= 0.6 is 0 Å². The Morgan fingerprint density at radius 3 is 2.64 bits per heavy atom. The zero-order valence-corrected chi connectivity index (χ0v) is 15.8.